The second-order valence-corrected chi connectivity index (χ2v) is 5.78. The Labute approximate surface area is 123 Å². The number of thioether (sulfide) groups is 1. The van der Waals surface area contributed by atoms with Gasteiger partial charge in [0.2, 0.25) is 0 Å². The molecule has 0 aliphatic heterocycles. The van der Waals surface area contributed by atoms with Crippen LogP contribution < -0.4 is 11.3 Å². The van der Waals surface area contributed by atoms with Crippen LogP contribution in [0, 0.1) is 10.1 Å². The third kappa shape index (κ3) is 4.66. The summed E-state index contributed by atoms with van der Waals surface area (Å²) < 4.78 is 0. The normalized spacial score (nSPS) is 12.4. The van der Waals surface area contributed by atoms with E-state index in [-0.39, 0.29) is 5.69 Å². The van der Waals surface area contributed by atoms with Gasteiger partial charge in [0, 0.05) is 18.7 Å². The van der Waals surface area contributed by atoms with Crippen LogP contribution >= 0.6 is 11.8 Å². The maximum absolute atomic E-state index is 11.0. The van der Waals surface area contributed by atoms with Crippen molar-refractivity contribution in [2.24, 2.45) is 5.84 Å². The van der Waals surface area contributed by atoms with Crippen molar-refractivity contribution < 1.29 is 4.92 Å². The molecule has 1 unspecified atom stereocenters. The lowest BCUT2D eigenvalue weighted by Crippen LogP contribution is -2.29. The van der Waals surface area contributed by atoms with Gasteiger partial charge in [0.25, 0.3) is 5.69 Å². The van der Waals surface area contributed by atoms with Crippen LogP contribution in [0.4, 0.5) is 11.4 Å². The maximum atomic E-state index is 11.0. The van der Waals surface area contributed by atoms with Gasteiger partial charge in [-0.05, 0) is 44.0 Å². The van der Waals surface area contributed by atoms with Crippen molar-refractivity contribution in [2.75, 3.05) is 24.5 Å². The fraction of sp³-hybridized carbons (Fsp3) is 0.538. The van der Waals surface area contributed by atoms with Gasteiger partial charge in [0.05, 0.1) is 4.92 Å². The molecule has 20 heavy (non-hydrogen) atoms. The molecule has 1 aromatic rings. The second kappa shape index (κ2) is 8.08. The number of benzene rings is 1. The van der Waals surface area contributed by atoms with Gasteiger partial charge in [-0.15, -0.1) is 0 Å². The van der Waals surface area contributed by atoms with Gasteiger partial charge in [-0.1, -0.05) is 6.07 Å². The van der Waals surface area contributed by atoms with E-state index >= 15 is 0 Å². The molecular formula is C13H22N4O2S. The Morgan fingerprint density at radius 3 is 2.80 bits per heavy atom. The molecule has 1 aromatic carbocycles. The van der Waals surface area contributed by atoms with E-state index < -0.39 is 4.92 Å². The van der Waals surface area contributed by atoms with Crippen molar-refractivity contribution in [3.8, 4) is 0 Å². The third-order valence-corrected chi connectivity index (χ3v) is 3.98. The van der Waals surface area contributed by atoms with Gasteiger partial charge >= 0.3 is 0 Å². The van der Waals surface area contributed by atoms with Gasteiger partial charge in [0.1, 0.15) is 5.69 Å². The van der Waals surface area contributed by atoms with E-state index in [0.717, 1.165) is 17.7 Å². The Morgan fingerprint density at radius 2 is 2.25 bits per heavy atom. The van der Waals surface area contributed by atoms with E-state index in [1.165, 1.54) is 0 Å². The number of nitro groups is 1. The monoisotopic (exact) mass is 298 g/mol. The fourth-order valence-electron chi connectivity index (χ4n) is 1.90. The summed E-state index contributed by atoms with van der Waals surface area (Å²) in [6.07, 6.45) is 3.19. The molecule has 0 aliphatic carbocycles. The van der Waals surface area contributed by atoms with Crippen LogP contribution in [0.5, 0.6) is 0 Å². The van der Waals surface area contributed by atoms with E-state index in [4.69, 9.17) is 5.84 Å². The summed E-state index contributed by atoms with van der Waals surface area (Å²) in [5.41, 5.74) is 3.60. The predicted molar refractivity (Wildman–Crippen MR) is 84.8 cm³/mol. The first-order valence-electron chi connectivity index (χ1n) is 6.42. The molecule has 0 spiro atoms. The molecule has 0 aliphatic rings. The standard InChI is InChI=1S/C13H22N4O2S/c1-10(6-7-20-3)16(2)9-11-4-5-12(15-14)13(8-11)17(18)19/h4-5,8,10,15H,6-7,9,14H2,1-3H3. The number of nitrogen functional groups attached to an aromatic ring is 1. The van der Waals surface area contributed by atoms with Crippen molar-refractivity contribution in [1.82, 2.24) is 4.90 Å². The van der Waals surface area contributed by atoms with Crippen LogP contribution in [0.25, 0.3) is 0 Å². The van der Waals surface area contributed by atoms with E-state index in [1.807, 2.05) is 24.9 Å². The maximum Gasteiger partial charge on any atom is 0.293 e. The summed E-state index contributed by atoms with van der Waals surface area (Å²) in [5, 5.41) is 11.0. The molecule has 112 valence electrons. The van der Waals surface area contributed by atoms with Crippen LogP contribution in [0.15, 0.2) is 18.2 Å². The minimum Gasteiger partial charge on any atom is -0.318 e. The lowest BCUT2D eigenvalue weighted by molar-refractivity contribution is -0.384. The van der Waals surface area contributed by atoms with Gasteiger partial charge in [0.15, 0.2) is 0 Å². The third-order valence-electron chi connectivity index (χ3n) is 3.34. The van der Waals surface area contributed by atoms with Crippen molar-refractivity contribution in [2.45, 2.75) is 25.9 Å². The molecule has 7 heteroatoms. The summed E-state index contributed by atoms with van der Waals surface area (Å²) in [6.45, 7) is 2.85. The highest BCUT2D eigenvalue weighted by atomic mass is 32.2. The Hall–Kier alpha value is -1.31. The van der Waals surface area contributed by atoms with Gasteiger partial charge in [-0.2, -0.15) is 11.8 Å². The van der Waals surface area contributed by atoms with Gasteiger partial charge in [-0.25, -0.2) is 0 Å². The molecule has 6 nitrogen and oxygen atoms in total. The summed E-state index contributed by atoms with van der Waals surface area (Å²) >= 11 is 1.83. The molecule has 1 rings (SSSR count). The van der Waals surface area contributed by atoms with Crippen LogP contribution in [-0.4, -0.2) is 34.9 Å². The van der Waals surface area contributed by atoms with E-state index in [0.29, 0.717) is 18.3 Å². The highest BCUT2D eigenvalue weighted by molar-refractivity contribution is 7.98. The lowest BCUT2D eigenvalue weighted by Gasteiger charge is -2.24. The highest BCUT2D eigenvalue weighted by Crippen LogP contribution is 2.25. The van der Waals surface area contributed by atoms with Crippen molar-refractivity contribution in [1.29, 1.82) is 0 Å². The molecule has 0 heterocycles. The average molecular weight is 298 g/mol. The first-order chi connectivity index (χ1) is 9.49. The largest absolute Gasteiger partial charge is 0.318 e. The minimum atomic E-state index is -0.421. The molecule has 0 saturated heterocycles. The quantitative estimate of drug-likeness (QED) is 0.436. The number of nitrogens with two attached hydrogens (primary N) is 1. The molecule has 1 atom stereocenters. The molecule has 0 saturated carbocycles. The highest BCUT2D eigenvalue weighted by Gasteiger charge is 2.15. The minimum absolute atomic E-state index is 0.00941. The first-order valence-corrected chi connectivity index (χ1v) is 7.82. The Bertz CT molecular complexity index is 456. The molecule has 0 radical (unpaired) electrons. The number of nitrogens with zero attached hydrogens (tertiary/aromatic N) is 2. The van der Waals surface area contributed by atoms with Crippen molar-refractivity contribution in [3.63, 3.8) is 0 Å². The molecule has 0 amide bonds. The molecule has 0 aromatic heterocycles. The summed E-state index contributed by atoms with van der Waals surface area (Å²) in [5.74, 6) is 6.39. The SMILES string of the molecule is CSCCC(C)N(C)Cc1ccc(NN)c([N+](=O)[O-])c1. The van der Waals surface area contributed by atoms with Crippen LogP contribution in [0.2, 0.25) is 0 Å². The Kier molecular flexibility index (Phi) is 6.77. The Morgan fingerprint density at radius 1 is 1.55 bits per heavy atom. The summed E-state index contributed by atoms with van der Waals surface area (Å²) in [4.78, 5) is 12.8. The summed E-state index contributed by atoms with van der Waals surface area (Å²) in [7, 11) is 2.03. The van der Waals surface area contributed by atoms with E-state index in [9.17, 15) is 10.1 Å². The molecule has 0 bridgehead atoms. The zero-order valence-electron chi connectivity index (χ0n) is 12.1. The van der Waals surface area contributed by atoms with Crippen LogP contribution in [-0.2, 0) is 6.54 Å². The predicted octanol–water partition coefficient (Wildman–Crippen LogP) is 2.45. The lowest BCUT2D eigenvalue weighted by atomic mass is 10.1. The molecule has 0 fully saturated rings. The van der Waals surface area contributed by atoms with Gasteiger partial charge < -0.3 is 5.43 Å². The second-order valence-electron chi connectivity index (χ2n) is 4.80. The number of nitro benzene ring substituents is 1. The average Bonchev–Trinajstić information content (AvgIpc) is 2.44. The number of hydrazine groups is 1. The van der Waals surface area contributed by atoms with Crippen molar-refractivity contribution >= 4 is 23.1 Å². The molecule has 3 N–H and O–H groups in total. The first kappa shape index (κ1) is 16.7. The van der Waals surface area contributed by atoms with E-state index in [1.54, 1.807) is 12.1 Å². The molecular weight excluding hydrogens is 276 g/mol. The van der Waals surface area contributed by atoms with Crippen LogP contribution in [0.3, 0.4) is 0 Å². The number of nitrogens with one attached hydrogen (secondary N) is 1. The fourth-order valence-corrected chi connectivity index (χ4v) is 2.48. The van der Waals surface area contributed by atoms with E-state index in [2.05, 4.69) is 23.5 Å². The zero-order valence-corrected chi connectivity index (χ0v) is 12.9. The summed E-state index contributed by atoms with van der Waals surface area (Å²) in [6, 6.07) is 5.52. The van der Waals surface area contributed by atoms with Gasteiger partial charge in [-0.3, -0.25) is 20.9 Å². The Balaban J connectivity index is 2.77. The number of anilines is 1. The number of hydrogen-bond acceptors (Lipinski definition) is 6. The smallest absolute Gasteiger partial charge is 0.293 e. The van der Waals surface area contributed by atoms with Crippen molar-refractivity contribution in [3.05, 3.63) is 33.9 Å². The van der Waals surface area contributed by atoms with Crippen LogP contribution in [0.1, 0.15) is 18.9 Å². The zero-order chi connectivity index (χ0) is 15.1. The number of rotatable bonds is 8. The number of hydrogen-bond donors (Lipinski definition) is 2. The topological polar surface area (TPSA) is 84.4 Å².